The molecule has 4 nitrogen and oxygen atoms in total. The molecule has 0 aliphatic heterocycles. The van der Waals surface area contributed by atoms with Crippen LogP contribution in [-0.4, -0.2) is 16.7 Å². The third-order valence-corrected chi connectivity index (χ3v) is 4.53. The van der Waals surface area contributed by atoms with E-state index in [-0.39, 0.29) is 11.7 Å². The third-order valence-electron chi connectivity index (χ3n) is 4.53. The van der Waals surface area contributed by atoms with Gasteiger partial charge in [-0.3, -0.25) is 14.5 Å². The summed E-state index contributed by atoms with van der Waals surface area (Å²) in [5, 5.41) is 0. The lowest BCUT2D eigenvalue weighted by atomic mass is 9.97. The van der Waals surface area contributed by atoms with Crippen molar-refractivity contribution >= 4 is 23.2 Å². The Labute approximate surface area is 169 Å². The number of amides is 1. The Morgan fingerprint density at radius 2 is 1.21 bits per heavy atom. The van der Waals surface area contributed by atoms with Gasteiger partial charge in [0.15, 0.2) is 5.78 Å². The van der Waals surface area contributed by atoms with Crippen molar-refractivity contribution in [1.82, 2.24) is 4.98 Å². The Kier molecular flexibility index (Phi) is 5.25. The van der Waals surface area contributed by atoms with Crippen LogP contribution >= 0.6 is 0 Å². The van der Waals surface area contributed by atoms with Gasteiger partial charge in [-0.1, -0.05) is 72.8 Å². The first-order valence-corrected chi connectivity index (χ1v) is 9.25. The van der Waals surface area contributed by atoms with Crippen LogP contribution in [0.3, 0.4) is 0 Å². The van der Waals surface area contributed by atoms with Crippen molar-refractivity contribution in [2.24, 2.45) is 0 Å². The van der Waals surface area contributed by atoms with E-state index < -0.39 is 0 Å². The minimum absolute atomic E-state index is 0.191. The SMILES string of the molecule is O=C(c1ccccc1)c1ccccc1C(=O)N(c1ccccc1)c1ccccn1. The molecule has 0 atom stereocenters. The van der Waals surface area contributed by atoms with Crippen molar-refractivity contribution in [2.75, 3.05) is 4.90 Å². The van der Waals surface area contributed by atoms with Gasteiger partial charge < -0.3 is 0 Å². The minimum Gasteiger partial charge on any atom is -0.289 e. The van der Waals surface area contributed by atoms with Crippen LogP contribution in [-0.2, 0) is 0 Å². The molecule has 0 aliphatic rings. The second-order valence-corrected chi connectivity index (χ2v) is 6.40. The first kappa shape index (κ1) is 18.3. The van der Waals surface area contributed by atoms with Crippen molar-refractivity contribution in [3.05, 3.63) is 126 Å². The number of ketones is 1. The van der Waals surface area contributed by atoms with Gasteiger partial charge >= 0.3 is 0 Å². The number of para-hydroxylation sites is 1. The number of benzene rings is 3. The van der Waals surface area contributed by atoms with Gasteiger partial charge in [-0.2, -0.15) is 0 Å². The molecule has 1 aromatic heterocycles. The van der Waals surface area contributed by atoms with Gasteiger partial charge in [0.1, 0.15) is 5.82 Å². The lowest BCUT2D eigenvalue weighted by Gasteiger charge is -2.23. The van der Waals surface area contributed by atoms with Crippen LogP contribution in [0.4, 0.5) is 11.5 Å². The standard InChI is InChI=1S/C25H18N2O2/c28-24(19-11-3-1-4-12-19)21-15-7-8-16-22(21)25(29)27(20-13-5-2-6-14-20)23-17-9-10-18-26-23/h1-18H. The number of nitrogens with zero attached hydrogens (tertiary/aromatic N) is 2. The summed E-state index contributed by atoms with van der Waals surface area (Å²) in [5.74, 6) is -0.0102. The molecule has 0 spiro atoms. The summed E-state index contributed by atoms with van der Waals surface area (Å²) in [6, 6.07) is 30.5. The van der Waals surface area contributed by atoms with E-state index in [1.54, 1.807) is 54.7 Å². The molecular formula is C25H18N2O2. The molecule has 1 amide bonds. The number of rotatable bonds is 5. The molecule has 3 aromatic carbocycles. The van der Waals surface area contributed by atoms with Gasteiger partial charge in [0.25, 0.3) is 5.91 Å². The fourth-order valence-electron chi connectivity index (χ4n) is 3.15. The smallest absolute Gasteiger partial charge is 0.264 e. The van der Waals surface area contributed by atoms with Crippen LogP contribution in [0.1, 0.15) is 26.3 Å². The number of carbonyl (C=O) groups excluding carboxylic acids is 2. The van der Waals surface area contributed by atoms with E-state index in [0.717, 1.165) is 0 Å². The van der Waals surface area contributed by atoms with Crippen LogP contribution in [0.5, 0.6) is 0 Å². The monoisotopic (exact) mass is 378 g/mol. The van der Waals surface area contributed by atoms with Gasteiger partial charge in [0.05, 0.1) is 11.3 Å². The van der Waals surface area contributed by atoms with Gasteiger partial charge in [0.2, 0.25) is 0 Å². The van der Waals surface area contributed by atoms with E-state index in [2.05, 4.69) is 4.98 Å². The molecule has 0 N–H and O–H groups in total. The first-order chi connectivity index (χ1) is 14.3. The number of hydrogen-bond acceptors (Lipinski definition) is 3. The van der Waals surface area contributed by atoms with E-state index in [4.69, 9.17) is 0 Å². The average Bonchev–Trinajstić information content (AvgIpc) is 2.81. The molecule has 4 heteroatoms. The Morgan fingerprint density at radius 1 is 0.621 bits per heavy atom. The quantitative estimate of drug-likeness (QED) is 0.443. The van der Waals surface area contributed by atoms with E-state index in [0.29, 0.717) is 28.2 Å². The highest BCUT2D eigenvalue weighted by Crippen LogP contribution is 2.27. The normalized spacial score (nSPS) is 10.3. The maximum atomic E-state index is 13.6. The molecule has 140 valence electrons. The zero-order chi connectivity index (χ0) is 20.1. The Bertz CT molecular complexity index is 1090. The molecule has 4 aromatic rings. The van der Waals surface area contributed by atoms with Crippen molar-refractivity contribution in [1.29, 1.82) is 0 Å². The molecular weight excluding hydrogens is 360 g/mol. The number of hydrogen-bond donors (Lipinski definition) is 0. The zero-order valence-corrected chi connectivity index (χ0v) is 15.6. The fourth-order valence-corrected chi connectivity index (χ4v) is 3.15. The molecule has 0 aliphatic carbocycles. The fraction of sp³-hybridized carbons (Fsp3) is 0. The molecule has 0 unspecified atom stereocenters. The average molecular weight is 378 g/mol. The molecule has 29 heavy (non-hydrogen) atoms. The predicted molar refractivity (Wildman–Crippen MR) is 113 cm³/mol. The molecule has 0 radical (unpaired) electrons. The third kappa shape index (κ3) is 3.82. The van der Waals surface area contributed by atoms with Crippen LogP contribution < -0.4 is 4.90 Å². The maximum absolute atomic E-state index is 13.6. The van der Waals surface area contributed by atoms with Gasteiger partial charge in [0, 0.05) is 17.3 Å². The topological polar surface area (TPSA) is 50.3 Å². The molecule has 4 rings (SSSR count). The van der Waals surface area contributed by atoms with Crippen LogP contribution in [0.2, 0.25) is 0 Å². The van der Waals surface area contributed by atoms with E-state index in [9.17, 15) is 9.59 Å². The van der Waals surface area contributed by atoms with E-state index >= 15 is 0 Å². The summed E-state index contributed by atoms with van der Waals surface area (Å²) in [5.41, 5.74) is 1.91. The Hall–Kier alpha value is -4.05. The lowest BCUT2D eigenvalue weighted by molar-refractivity contribution is 0.0980. The number of carbonyl (C=O) groups is 2. The minimum atomic E-state index is -0.310. The predicted octanol–water partition coefficient (Wildman–Crippen LogP) is 5.29. The summed E-state index contributed by atoms with van der Waals surface area (Å²) in [6.45, 7) is 0. The highest BCUT2D eigenvalue weighted by Gasteiger charge is 2.25. The molecule has 0 bridgehead atoms. The summed E-state index contributed by atoms with van der Waals surface area (Å²) < 4.78 is 0. The summed E-state index contributed by atoms with van der Waals surface area (Å²) in [4.78, 5) is 32.6. The maximum Gasteiger partial charge on any atom is 0.264 e. The van der Waals surface area contributed by atoms with Gasteiger partial charge in [-0.15, -0.1) is 0 Å². The second-order valence-electron chi connectivity index (χ2n) is 6.40. The van der Waals surface area contributed by atoms with Gasteiger partial charge in [-0.05, 0) is 30.3 Å². The Morgan fingerprint density at radius 3 is 1.86 bits per heavy atom. The molecule has 0 fully saturated rings. The van der Waals surface area contributed by atoms with Crippen molar-refractivity contribution in [3.8, 4) is 0 Å². The summed E-state index contributed by atoms with van der Waals surface area (Å²) in [7, 11) is 0. The zero-order valence-electron chi connectivity index (χ0n) is 15.6. The molecule has 0 saturated carbocycles. The van der Waals surface area contributed by atoms with Gasteiger partial charge in [-0.25, -0.2) is 4.98 Å². The molecule has 0 saturated heterocycles. The second kappa shape index (κ2) is 8.31. The number of anilines is 2. The van der Waals surface area contributed by atoms with Crippen molar-refractivity contribution in [3.63, 3.8) is 0 Å². The number of aromatic nitrogens is 1. The van der Waals surface area contributed by atoms with Crippen LogP contribution in [0.15, 0.2) is 109 Å². The van der Waals surface area contributed by atoms with Crippen LogP contribution in [0, 0.1) is 0 Å². The van der Waals surface area contributed by atoms with E-state index in [1.165, 1.54) is 4.90 Å². The highest BCUT2D eigenvalue weighted by atomic mass is 16.2. The van der Waals surface area contributed by atoms with E-state index in [1.807, 2.05) is 54.6 Å². The van der Waals surface area contributed by atoms with Crippen molar-refractivity contribution < 1.29 is 9.59 Å². The summed E-state index contributed by atoms with van der Waals surface area (Å²) >= 11 is 0. The lowest BCUT2D eigenvalue weighted by Crippen LogP contribution is -2.28. The van der Waals surface area contributed by atoms with Crippen molar-refractivity contribution in [2.45, 2.75) is 0 Å². The van der Waals surface area contributed by atoms with Crippen LogP contribution in [0.25, 0.3) is 0 Å². The largest absolute Gasteiger partial charge is 0.289 e. The summed E-state index contributed by atoms with van der Waals surface area (Å²) in [6.07, 6.45) is 1.64. The first-order valence-electron chi connectivity index (χ1n) is 9.25. The Balaban J connectivity index is 1.81. The highest BCUT2D eigenvalue weighted by molar-refractivity contribution is 6.19. The molecule has 1 heterocycles. The number of pyridine rings is 1.